The molecule has 1 unspecified atom stereocenters. The average molecular weight is 664 g/mol. The van der Waals surface area contributed by atoms with Crippen LogP contribution >= 0.6 is 0 Å². The highest BCUT2D eigenvalue weighted by atomic mass is 16.5. The van der Waals surface area contributed by atoms with E-state index in [-0.39, 0.29) is 77.9 Å². The molecule has 5 amide bonds. The summed E-state index contributed by atoms with van der Waals surface area (Å²) in [6, 6.07) is -3.85. The topological polar surface area (TPSA) is 313 Å². The molecule has 46 heavy (non-hydrogen) atoms. The fourth-order valence-corrected chi connectivity index (χ4v) is 3.44. The van der Waals surface area contributed by atoms with Crippen molar-refractivity contribution in [2.75, 3.05) is 39.5 Å². The predicted octanol–water partition coefficient (Wildman–Crippen LogP) is -3.20. The third kappa shape index (κ3) is 20.2. The summed E-state index contributed by atoms with van der Waals surface area (Å²) in [5.41, 5.74) is 0. The maximum absolute atomic E-state index is 12.0. The van der Waals surface area contributed by atoms with E-state index in [0.29, 0.717) is 0 Å². The van der Waals surface area contributed by atoms with Gasteiger partial charge in [-0.2, -0.15) is 0 Å². The summed E-state index contributed by atoms with van der Waals surface area (Å²) in [4.78, 5) is 103. The van der Waals surface area contributed by atoms with Crippen molar-refractivity contribution in [1.82, 2.24) is 26.6 Å². The van der Waals surface area contributed by atoms with Crippen LogP contribution in [0.25, 0.3) is 0 Å². The van der Waals surface area contributed by atoms with Gasteiger partial charge in [0, 0.05) is 32.4 Å². The number of rotatable bonds is 25. The van der Waals surface area contributed by atoms with Gasteiger partial charge in [0.2, 0.25) is 23.6 Å². The molecule has 260 valence electrons. The molecule has 0 heterocycles. The molecule has 20 heteroatoms. The molecule has 0 aromatic heterocycles. The molecule has 0 saturated heterocycles. The largest absolute Gasteiger partial charge is 0.480 e. The second-order valence-electron chi connectivity index (χ2n) is 9.54. The van der Waals surface area contributed by atoms with Crippen molar-refractivity contribution in [3.05, 3.63) is 0 Å². The normalized spacial score (nSPS) is 12.5. The zero-order valence-electron chi connectivity index (χ0n) is 25.2. The molecule has 20 nitrogen and oxygen atoms in total. The van der Waals surface area contributed by atoms with Gasteiger partial charge in [0.15, 0.2) is 0 Å². The average Bonchev–Trinajstić information content (AvgIpc) is 2.98. The van der Waals surface area contributed by atoms with Crippen LogP contribution in [0.15, 0.2) is 0 Å². The Bertz CT molecular complexity index is 1080. The van der Waals surface area contributed by atoms with Crippen molar-refractivity contribution in [3.63, 3.8) is 0 Å². The van der Waals surface area contributed by atoms with Crippen LogP contribution < -0.4 is 26.6 Å². The molecule has 0 aliphatic heterocycles. The quantitative estimate of drug-likeness (QED) is 0.0343. The SMILES string of the molecule is CCC(NC(=O)CC[C@H](NC(=O)COCCOCCNC(=O)CC[C@H](NC(=O)CCCNC(=O)C(=O)O)C(=O)O)C(=O)O)C(=O)O. The summed E-state index contributed by atoms with van der Waals surface area (Å²) in [7, 11) is 0. The lowest BCUT2D eigenvalue weighted by Crippen LogP contribution is -2.44. The maximum atomic E-state index is 12.0. The summed E-state index contributed by atoms with van der Waals surface area (Å²) in [6.45, 7) is 1.02. The molecule has 9 N–H and O–H groups in total. The van der Waals surface area contributed by atoms with Crippen LogP contribution in [-0.2, 0) is 52.6 Å². The standard InChI is InChI=1S/C26H41N5O15/c1-2-15(23(37)38)29-20(34)8-6-17(25(41)42)31-21(35)14-46-13-12-45-11-10-27-18(32)7-5-16(24(39)40)30-19(33)4-3-9-28-22(36)26(43)44/h15-17H,2-14H2,1H3,(H,27,32)(H,28,36)(H,29,34)(H,30,33)(H,31,35)(H,37,38)(H,39,40)(H,41,42)(H,43,44)/t15?,16-,17-/m0/s1. The van der Waals surface area contributed by atoms with E-state index in [4.69, 9.17) is 19.7 Å². The minimum absolute atomic E-state index is 0.0148. The Kier molecular flexibility index (Phi) is 21.0. The Morgan fingerprint density at radius 3 is 1.61 bits per heavy atom. The van der Waals surface area contributed by atoms with E-state index in [2.05, 4.69) is 26.6 Å². The highest BCUT2D eigenvalue weighted by Gasteiger charge is 2.24. The Balaban J connectivity index is 4.13. The van der Waals surface area contributed by atoms with Gasteiger partial charge in [0.25, 0.3) is 0 Å². The number of amides is 5. The summed E-state index contributed by atoms with van der Waals surface area (Å²) in [5.74, 6) is -9.48. The Labute approximate surface area is 262 Å². The van der Waals surface area contributed by atoms with Crippen molar-refractivity contribution in [2.24, 2.45) is 0 Å². The first-order chi connectivity index (χ1) is 21.7. The lowest BCUT2D eigenvalue weighted by atomic mass is 10.1. The summed E-state index contributed by atoms with van der Waals surface area (Å²) in [6.07, 6.45) is -1.01. The number of hydrogen-bond donors (Lipinski definition) is 9. The Morgan fingerprint density at radius 2 is 1.07 bits per heavy atom. The zero-order chi connectivity index (χ0) is 35.1. The van der Waals surface area contributed by atoms with Gasteiger partial charge in [0.1, 0.15) is 24.7 Å². The summed E-state index contributed by atoms with van der Waals surface area (Å²) < 4.78 is 10.3. The minimum atomic E-state index is -1.67. The molecule has 0 aromatic carbocycles. The Hall–Kier alpha value is -4.85. The second-order valence-corrected chi connectivity index (χ2v) is 9.54. The first-order valence-corrected chi connectivity index (χ1v) is 14.2. The van der Waals surface area contributed by atoms with Gasteiger partial charge in [-0.1, -0.05) is 6.92 Å². The van der Waals surface area contributed by atoms with Crippen molar-refractivity contribution in [1.29, 1.82) is 0 Å². The van der Waals surface area contributed by atoms with Gasteiger partial charge in [-0.15, -0.1) is 0 Å². The fourth-order valence-electron chi connectivity index (χ4n) is 3.44. The summed E-state index contributed by atoms with van der Waals surface area (Å²) >= 11 is 0. The lowest BCUT2D eigenvalue weighted by molar-refractivity contribution is -0.150. The van der Waals surface area contributed by atoms with E-state index in [1.54, 1.807) is 6.92 Å². The van der Waals surface area contributed by atoms with Crippen molar-refractivity contribution >= 4 is 53.4 Å². The van der Waals surface area contributed by atoms with Crippen LogP contribution in [0.1, 0.15) is 51.9 Å². The molecular weight excluding hydrogens is 622 g/mol. The van der Waals surface area contributed by atoms with Crippen molar-refractivity contribution < 1.29 is 73.1 Å². The van der Waals surface area contributed by atoms with E-state index >= 15 is 0 Å². The second kappa shape index (κ2) is 23.5. The van der Waals surface area contributed by atoms with E-state index in [1.807, 2.05) is 0 Å². The predicted molar refractivity (Wildman–Crippen MR) is 152 cm³/mol. The third-order valence-corrected chi connectivity index (χ3v) is 5.86. The third-order valence-electron chi connectivity index (χ3n) is 5.86. The van der Waals surface area contributed by atoms with E-state index in [0.717, 1.165) is 0 Å². The van der Waals surface area contributed by atoms with Crippen molar-refractivity contribution in [2.45, 2.75) is 70.0 Å². The zero-order valence-corrected chi connectivity index (χ0v) is 25.2. The van der Waals surface area contributed by atoms with Gasteiger partial charge in [-0.25, -0.2) is 19.2 Å². The molecule has 0 fully saturated rings. The van der Waals surface area contributed by atoms with Crippen LogP contribution in [0.5, 0.6) is 0 Å². The molecule has 0 saturated carbocycles. The number of carbonyl (C=O) groups excluding carboxylic acids is 5. The number of carbonyl (C=O) groups is 9. The van der Waals surface area contributed by atoms with Crippen molar-refractivity contribution in [3.8, 4) is 0 Å². The molecule has 0 radical (unpaired) electrons. The molecule has 0 spiro atoms. The number of hydrogen-bond acceptors (Lipinski definition) is 11. The fraction of sp³-hybridized carbons (Fsp3) is 0.654. The molecule has 0 aliphatic rings. The first kappa shape index (κ1) is 41.1. The van der Waals surface area contributed by atoms with Gasteiger partial charge in [0.05, 0.1) is 19.8 Å². The highest BCUT2D eigenvalue weighted by Crippen LogP contribution is 2.02. The van der Waals surface area contributed by atoms with Gasteiger partial charge in [-0.05, 0) is 25.7 Å². The molecule has 0 bridgehead atoms. The molecule has 0 aliphatic carbocycles. The number of aliphatic carboxylic acids is 4. The van der Waals surface area contributed by atoms with Gasteiger partial charge in [-0.3, -0.25) is 24.0 Å². The number of carboxylic acid groups (broad SMARTS) is 4. The van der Waals surface area contributed by atoms with Crippen LogP contribution in [0.3, 0.4) is 0 Å². The first-order valence-electron chi connectivity index (χ1n) is 14.2. The smallest absolute Gasteiger partial charge is 0.394 e. The van der Waals surface area contributed by atoms with Crippen LogP contribution in [0.4, 0.5) is 0 Å². The minimum Gasteiger partial charge on any atom is -0.480 e. The van der Waals surface area contributed by atoms with Crippen LogP contribution in [0, 0.1) is 0 Å². The van der Waals surface area contributed by atoms with Gasteiger partial charge < -0.3 is 56.5 Å². The van der Waals surface area contributed by atoms with Gasteiger partial charge >= 0.3 is 29.8 Å². The monoisotopic (exact) mass is 663 g/mol. The van der Waals surface area contributed by atoms with E-state index < -0.39 is 78.1 Å². The number of ether oxygens (including phenoxy) is 2. The molecular formula is C26H41N5O15. The molecule has 0 aromatic rings. The van der Waals surface area contributed by atoms with Crippen LogP contribution in [0.2, 0.25) is 0 Å². The molecule has 3 atom stereocenters. The van der Waals surface area contributed by atoms with E-state index in [1.165, 1.54) is 0 Å². The number of nitrogens with one attached hydrogen (secondary N) is 5. The van der Waals surface area contributed by atoms with Crippen LogP contribution in [-0.4, -0.2) is 131 Å². The van der Waals surface area contributed by atoms with E-state index in [9.17, 15) is 53.4 Å². The molecule has 0 rings (SSSR count). The lowest BCUT2D eigenvalue weighted by Gasteiger charge is -2.16. The summed E-state index contributed by atoms with van der Waals surface area (Å²) in [5, 5.41) is 47.2. The number of carboxylic acids is 4. The Morgan fingerprint density at radius 1 is 0.565 bits per heavy atom. The highest BCUT2D eigenvalue weighted by molar-refractivity contribution is 6.31. The maximum Gasteiger partial charge on any atom is 0.394 e.